The Labute approximate surface area is 103 Å². The Balaban J connectivity index is 1.86. The highest BCUT2D eigenvalue weighted by Gasteiger charge is 1.97. The van der Waals surface area contributed by atoms with E-state index in [-0.39, 0.29) is 5.91 Å². The van der Waals surface area contributed by atoms with E-state index in [4.69, 9.17) is 0 Å². The molecular formula is C12H22N4O. The first-order valence-corrected chi connectivity index (χ1v) is 6.26. The minimum atomic E-state index is 0.124. The molecule has 0 spiro atoms. The molecule has 5 heteroatoms. The van der Waals surface area contributed by atoms with Crippen LogP contribution in [0.2, 0.25) is 0 Å². The summed E-state index contributed by atoms with van der Waals surface area (Å²) in [7, 11) is 0. The molecule has 17 heavy (non-hydrogen) atoms. The van der Waals surface area contributed by atoms with Crippen LogP contribution in [0.3, 0.4) is 0 Å². The third kappa shape index (κ3) is 6.73. The number of carbonyl (C=O) groups excluding carboxylic acids is 1. The first kappa shape index (κ1) is 13.7. The van der Waals surface area contributed by atoms with Crippen molar-refractivity contribution >= 4 is 5.91 Å². The van der Waals surface area contributed by atoms with Crippen LogP contribution in [0.15, 0.2) is 18.7 Å². The average Bonchev–Trinajstić information content (AvgIpc) is 2.81. The summed E-state index contributed by atoms with van der Waals surface area (Å²) in [6.45, 7) is 5.38. The average molecular weight is 238 g/mol. The summed E-state index contributed by atoms with van der Waals surface area (Å²) in [5.74, 6) is 0.124. The number of nitrogens with one attached hydrogen (secondary N) is 2. The lowest BCUT2D eigenvalue weighted by Crippen LogP contribution is -2.27. The molecule has 0 atom stereocenters. The van der Waals surface area contributed by atoms with Crippen molar-refractivity contribution in [2.24, 2.45) is 0 Å². The van der Waals surface area contributed by atoms with Crippen LogP contribution in [0.1, 0.15) is 26.2 Å². The predicted octanol–water partition coefficient (Wildman–Crippen LogP) is 0.779. The fourth-order valence-electron chi connectivity index (χ4n) is 1.58. The summed E-state index contributed by atoms with van der Waals surface area (Å²) in [6, 6.07) is 0. The van der Waals surface area contributed by atoms with Gasteiger partial charge in [-0.05, 0) is 26.3 Å². The van der Waals surface area contributed by atoms with Crippen LogP contribution < -0.4 is 10.6 Å². The zero-order chi connectivity index (χ0) is 12.3. The molecule has 96 valence electrons. The smallest absolute Gasteiger partial charge is 0.221 e. The molecule has 0 fully saturated rings. The van der Waals surface area contributed by atoms with Crippen LogP contribution in [0.25, 0.3) is 0 Å². The zero-order valence-electron chi connectivity index (χ0n) is 10.5. The lowest BCUT2D eigenvalue weighted by atomic mass is 10.3. The van der Waals surface area contributed by atoms with Crippen molar-refractivity contribution in [3.05, 3.63) is 18.7 Å². The number of imidazole rings is 1. The quantitative estimate of drug-likeness (QED) is 0.625. The van der Waals surface area contributed by atoms with Crippen molar-refractivity contribution in [1.82, 2.24) is 20.2 Å². The Morgan fingerprint density at radius 2 is 2.24 bits per heavy atom. The molecule has 5 nitrogen and oxygen atoms in total. The van der Waals surface area contributed by atoms with E-state index in [1.807, 2.05) is 19.4 Å². The van der Waals surface area contributed by atoms with E-state index in [1.165, 1.54) is 0 Å². The van der Waals surface area contributed by atoms with Gasteiger partial charge in [0.15, 0.2) is 0 Å². The molecule has 0 saturated carbocycles. The van der Waals surface area contributed by atoms with E-state index in [0.717, 1.165) is 32.5 Å². The van der Waals surface area contributed by atoms with Crippen molar-refractivity contribution in [2.75, 3.05) is 19.6 Å². The van der Waals surface area contributed by atoms with Gasteiger partial charge in [0.05, 0.1) is 6.33 Å². The highest BCUT2D eigenvalue weighted by atomic mass is 16.1. The molecule has 0 radical (unpaired) electrons. The van der Waals surface area contributed by atoms with Gasteiger partial charge in [0, 0.05) is 38.4 Å². The van der Waals surface area contributed by atoms with Gasteiger partial charge < -0.3 is 15.2 Å². The molecule has 1 aromatic rings. The molecule has 0 unspecified atom stereocenters. The minimum Gasteiger partial charge on any atom is -0.356 e. The Hall–Kier alpha value is -1.36. The molecule has 0 bridgehead atoms. The molecule has 0 aliphatic heterocycles. The van der Waals surface area contributed by atoms with E-state index in [9.17, 15) is 4.79 Å². The summed E-state index contributed by atoms with van der Waals surface area (Å²) >= 11 is 0. The van der Waals surface area contributed by atoms with Crippen LogP contribution in [-0.4, -0.2) is 35.1 Å². The number of carbonyl (C=O) groups is 1. The first-order chi connectivity index (χ1) is 8.33. The van der Waals surface area contributed by atoms with Gasteiger partial charge in [-0.15, -0.1) is 0 Å². The second kappa shape index (κ2) is 8.75. The fourth-order valence-corrected chi connectivity index (χ4v) is 1.58. The summed E-state index contributed by atoms with van der Waals surface area (Å²) in [5.41, 5.74) is 0. The number of rotatable bonds is 9. The molecular weight excluding hydrogens is 216 g/mol. The Morgan fingerprint density at radius 3 is 2.94 bits per heavy atom. The molecule has 2 N–H and O–H groups in total. The monoisotopic (exact) mass is 238 g/mol. The molecule has 1 rings (SSSR count). The number of hydrogen-bond acceptors (Lipinski definition) is 3. The van der Waals surface area contributed by atoms with Crippen LogP contribution in [0, 0.1) is 0 Å². The van der Waals surface area contributed by atoms with Gasteiger partial charge >= 0.3 is 0 Å². The lowest BCUT2D eigenvalue weighted by Gasteiger charge is -2.05. The summed E-state index contributed by atoms with van der Waals surface area (Å²) < 4.78 is 2.08. The first-order valence-electron chi connectivity index (χ1n) is 6.26. The van der Waals surface area contributed by atoms with E-state index in [0.29, 0.717) is 13.0 Å². The maximum atomic E-state index is 11.1. The van der Waals surface area contributed by atoms with Gasteiger partial charge in [-0.25, -0.2) is 4.98 Å². The third-order valence-corrected chi connectivity index (χ3v) is 2.48. The summed E-state index contributed by atoms with van der Waals surface area (Å²) in [4.78, 5) is 15.1. The van der Waals surface area contributed by atoms with E-state index >= 15 is 0 Å². The van der Waals surface area contributed by atoms with E-state index in [2.05, 4.69) is 20.2 Å². The Bertz CT molecular complexity index is 297. The Kier molecular flexibility index (Phi) is 7.06. The molecule has 0 aromatic carbocycles. The van der Waals surface area contributed by atoms with Gasteiger partial charge in [-0.1, -0.05) is 0 Å². The van der Waals surface area contributed by atoms with Gasteiger partial charge in [-0.2, -0.15) is 0 Å². The van der Waals surface area contributed by atoms with Crippen molar-refractivity contribution < 1.29 is 4.79 Å². The number of aryl methyl sites for hydroxylation is 1. The number of unbranched alkanes of at least 4 members (excludes halogenated alkanes) is 1. The molecule has 0 saturated heterocycles. The molecule has 0 aliphatic carbocycles. The maximum Gasteiger partial charge on any atom is 0.221 e. The summed E-state index contributed by atoms with van der Waals surface area (Å²) in [6.07, 6.45) is 8.42. The van der Waals surface area contributed by atoms with Crippen molar-refractivity contribution in [2.45, 2.75) is 32.7 Å². The second-order valence-electron chi connectivity index (χ2n) is 3.96. The van der Waals surface area contributed by atoms with Crippen LogP contribution in [0.4, 0.5) is 0 Å². The molecule has 0 aliphatic rings. The normalized spacial score (nSPS) is 10.4. The maximum absolute atomic E-state index is 11.1. The van der Waals surface area contributed by atoms with Crippen molar-refractivity contribution in [3.8, 4) is 0 Å². The van der Waals surface area contributed by atoms with E-state index < -0.39 is 0 Å². The molecule has 1 amide bonds. The van der Waals surface area contributed by atoms with Crippen molar-refractivity contribution in [1.29, 1.82) is 0 Å². The standard InChI is InChI=1S/C12H22N4O/c1-2-15-12(17)5-7-13-6-3-4-9-16-10-8-14-11-16/h8,10-11,13H,2-7,9H2,1H3,(H,15,17). The van der Waals surface area contributed by atoms with Gasteiger partial charge in [0.1, 0.15) is 0 Å². The van der Waals surface area contributed by atoms with Crippen LogP contribution in [0.5, 0.6) is 0 Å². The van der Waals surface area contributed by atoms with Gasteiger partial charge in [0.2, 0.25) is 5.91 Å². The van der Waals surface area contributed by atoms with Crippen LogP contribution >= 0.6 is 0 Å². The predicted molar refractivity (Wildman–Crippen MR) is 67.6 cm³/mol. The van der Waals surface area contributed by atoms with Crippen LogP contribution in [-0.2, 0) is 11.3 Å². The number of amides is 1. The number of hydrogen-bond donors (Lipinski definition) is 2. The largest absolute Gasteiger partial charge is 0.356 e. The highest BCUT2D eigenvalue weighted by Crippen LogP contribution is 1.93. The lowest BCUT2D eigenvalue weighted by molar-refractivity contribution is -0.120. The number of aromatic nitrogens is 2. The SMILES string of the molecule is CCNC(=O)CCNCCCCn1ccnc1. The second-order valence-corrected chi connectivity index (χ2v) is 3.96. The van der Waals surface area contributed by atoms with Crippen molar-refractivity contribution in [3.63, 3.8) is 0 Å². The zero-order valence-corrected chi connectivity index (χ0v) is 10.5. The number of nitrogens with zero attached hydrogens (tertiary/aromatic N) is 2. The minimum absolute atomic E-state index is 0.124. The highest BCUT2D eigenvalue weighted by molar-refractivity contribution is 5.75. The fraction of sp³-hybridized carbons (Fsp3) is 0.667. The third-order valence-electron chi connectivity index (χ3n) is 2.48. The van der Waals surface area contributed by atoms with Gasteiger partial charge in [-0.3, -0.25) is 4.79 Å². The summed E-state index contributed by atoms with van der Waals surface area (Å²) in [5, 5.41) is 6.05. The Morgan fingerprint density at radius 1 is 1.35 bits per heavy atom. The van der Waals surface area contributed by atoms with Gasteiger partial charge in [0.25, 0.3) is 0 Å². The van der Waals surface area contributed by atoms with E-state index in [1.54, 1.807) is 6.20 Å². The topological polar surface area (TPSA) is 59.0 Å². The molecule has 1 heterocycles. The molecule has 1 aromatic heterocycles.